The van der Waals surface area contributed by atoms with Gasteiger partial charge in [-0.1, -0.05) is 60.7 Å². The Hall–Kier alpha value is -4.13. The average molecular weight is 483 g/mol. The number of hydrogen-bond donors (Lipinski definition) is 1. The first-order chi connectivity index (χ1) is 17.5. The van der Waals surface area contributed by atoms with E-state index in [2.05, 4.69) is 6.07 Å². The predicted octanol–water partition coefficient (Wildman–Crippen LogP) is 3.90. The summed E-state index contributed by atoms with van der Waals surface area (Å²) in [5.41, 5.74) is 8.56. The molecule has 2 N–H and O–H groups in total. The van der Waals surface area contributed by atoms with E-state index in [1.165, 1.54) is 4.90 Å². The summed E-state index contributed by atoms with van der Waals surface area (Å²) in [6.07, 6.45) is 1.26. The number of piperidine rings is 1. The van der Waals surface area contributed by atoms with Gasteiger partial charge in [0.15, 0.2) is 11.5 Å². The molecule has 1 atom stereocenters. The molecule has 7 nitrogen and oxygen atoms in total. The van der Waals surface area contributed by atoms with Gasteiger partial charge in [-0.15, -0.1) is 0 Å². The number of guanidine groups is 1. The lowest BCUT2D eigenvalue weighted by Gasteiger charge is -2.40. The van der Waals surface area contributed by atoms with E-state index in [1.54, 1.807) is 26.3 Å². The standard InChI is InChI=1S/C29H30N4O3/c1-32-27(35)29(31-28(32)30,23-12-8-11-21(19-23)20-9-4-3-5-10-20)22-15-17-33(18-16-22)26(34)24-13-6-7-14-25(24)36-2/h3-14,19,22H,15-18H2,1-2H3,(H2,30,31). The second-order valence-corrected chi connectivity index (χ2v) is 9.31. The second kappa shape index (κ2) is 9.49. The number of carbonyl (C=O) groups excluding carboxylic acids is 2. The SMILES string of the molecule is COc1ccccc1C(=O)N1CCC(C2(c3cccc(-c4ccccc4)c3)N=C(N)N(C)C2=O)CC1. The van der Waals surface area contributed by atoms with Crippen molar-refractivity contribution in [1.82, 2.24) is 9.80 Å². The fourth-order valence-electron chi connectivity index (χ4n) is 5.41. The fourth-order valence-corrected chi connectivity index (χ4v) is 5.41. The number of likely N-dealkylation sites (tertiary alicyclic amines) is 1. The van der Waals surface area contributed by atoms with Gasteiger partial charge in [0.2, 0.25) is 0 Å². The molecule has 0 aliphatic carbocycles. The Morgan fingerprint density at radius 1 is 0.972 bits per heavy atom. The maximum atomic E-state index is 13.7. The average Bonchev–Trinajstić information content (AvgIpc) is 3.18. The maximum Gasteiger partial charge on any atom is 0.261 e. The minimum absolute atomic E-state index is 0.0658. The Kier molecular flexibility index (Phi) is 6.22. The number of para-hydroxylation sites is 1. The number of hydrogen-bond acceptors (Lipinski definition) is 5. The molecule has 0 radical (unpaired) electrons. The van der Waals surface area contributed by atoms with Gasteiger partial charge in [-0.2, -0.15) is 0 Å². The van der Waals surface area contributed by atoms with Crippen LogP contribution in [0, 0.1) is 5.92 Å². The van der Waals surface area contributed by atoms with Crippen molar-refractivity contribution in [3.8, 4) is 16.9 Å². The lowest BCUT2D eigenvalue weighted by atomic mass is 9.72. The van der Waals surface area contributed by atoms with E-state index in [0.717, 1.165) is 16.7 Å². The molecule has 0 bridgehead atoms. The molecule has 1 unspecified atom stereocenters. The molecule has 0 saturated carbocycles. The van der Waals surface area contributed by atoms with E-state index >= 15 is 0 Å². The van der Waals surface area contributed by atoms with Crippen molar-refractivity contribution in [2.75, 3.05) is 27.2 Å². The lowest BCUT2D eigenvalue weighted by Crippen LogP contribution is -2.49. The highest BCUT2D eigenvalue weighted by atomic mass is 16.5. The van der Waals surface area contributed by atoms with Gasteiger partial charge in [0.1, 0.15) is 5.75 Å². The Morgan fingerprint density at radius 2 is 1.64 bits per heavy atom. The third-order valence-electron chi connectivity index (χ3n) is 7.39. The molecular formula is C29H30N4O3. The van der Waals surface area contributed by atoms with Gasteiger partial charge in [0.25, 0.3) is 11.8 Å². The normalized spacial score (nSPS) is 20.4. The topological polar surface area (TPSA) is 88.2 Å². The highest BCUT2D eigenvalue weighted by molar-refractivity contribution is 6.07. The quantitative estimate of drug-likeness (QED) is 0.598. The highest BCUT2D eigenvalue weighted by Crippen LogP contribution is 2.45. The van der Waals surface area contributed by atoms with Crippen LogP contribution in [0.15, 0.2) is 83.9 Å². The van der Waals surface area contributed by atoms with Gasteiger partial charge in [-0.3, -0.25) is 14.5 Å². The molecule has 1 saturated heterocycles. The zero-order chi connectivity index (χ0) is 25.3. The molecular weight excluding hydrogens is 452 g/mol. The van der Waals surface area contributed by atoms with Crippen LogP contribution in [0.2, 0.25) is 0 Å². The monoisotopic (exact) mass is 482 g/mol. The summed E-state index contributed by atoms with van der Waals surface area (Å²) in [6, 6.07) is 25.4. The molecule has 5 rings (SSSR count). The van der Waals surface area contributed by atoms with Crippen LogP contribution in [0.1, 0.15) is 28.8 Å². The van der Waals surface area contributed by atoms with Crippen LogP contribution in [-0.4, -0.2) is 54.8 Å². The number of aliphatic imine (C=N–C) groups is 1. The van der Waals surface area contributed by atoms with Crippen molar-refractivity contribution in [3.63, 3.8) is 0 Å². The van der Waals surface area contributed by atoms with Crippen molar-refractivity contribution < 1.29 is 14.3 Å². The zero-order valence-corrected chi connectivity index (χ0v) is 20.6. The Labute approximate surface area is 211 Å². The second-order valence-electron chi connectivity index (χ2n) is 9.31. The Balaban J connectivity index is 1.46. The van der Waals surface area contributed by atoms with Gasteiger partial charge >= 0.3 is 0 Å². The summed E-state index contributed by atoms with van der Waals surface area (Å²) in [7, 11) is 3.24. The van der Waals surface area contributed by atoms with Crippen LogP contribution in [0.3, 0.4) is 0 Å². The van der Waals surface area contributed by atoms with Gasteiger partial charge < -0.3 is 15.4 Å². The molecule has 2 aliphatic heterocycles. The summed E-state index contributed by atoms with van der Waals surface area (Å²) in [6.45, 7) is 1.04. The van der Waals surface area contributed by atoms with E-state index in [1.807, 2.05) is 65.6 Å². The fraction of sp³-hybridized carbons (Fsp3) is 0.276. The van der Waals surface area contributed by atoms with Crippen LogP contribution in [0.25, 0.3) is 11.1 Å². The molecule has 2 heterocycles. The summed E-state index contributed by atoms with van der Waals surface area (Å²) in [5, 5.41) is 0. The third kappa shape index (κ3) is 3.90. The largest absolute Gasteiger partial charge is 0.496 e. The number of nitrogens with two attached hydrogens (primary N) is 1. The van der Waals surface area contributed by atoms with E-state index in [9.17, 15) is 9.59 Å². The van der Waals surface area contributed by atoms with Crippen molar-refractivity contribution in [1.29, 1.82) is 0 Å². The first-order valence-electron chi connectivity index (χ1n) is 12.2. The molecule has 2 amide bonds. The van der Waals surface area contributed by atoms with Crippen molar-refractivity contribution in [3.05, 3.63) is 90.0 Å². The molecule has 7 heteroatoms. The van der Waals surface area contributed by atoms with E-state index in [-0.39, 0.29) is 23.7 Å². The predicted molar refractivity (Wildman–Crippen MR) is 140 cm³/mol. The van der Waals surface area contributed by atoms with Gasteiger partial charge in [-0.25, -0.2) is 4.99 Å². The van der Waals surface area contributed by atoms with Gasteiger partial charge in [-0.05, 0) is 47.7 Å². The molecule has 3 aromatic rings. The molecule has 36 heavy (non-hydrogen) atoms. The number of carbonyl (C=O) groups is 2. The van der Waals surface area contributed by atoms with Crippen LogP contribution in [-0.2, 0) is 10.3 Å². The van der Waals surface area contributed by atoms with E-state index in [0.29, 0.717) is 37.2 Å². The molecule has 0 spiro atoms. The highest BCUT2D eigenvalue weighted by Gasteiger charge is 2.54. The van der Waals surface area contributed by atoms with Gasteiger partial charge in [0.05, 0.1) is 12.7 Å². The van der Waals surface area contributed by atoms with Crippen LogP contribution in [0.5, 0.6) is 5.75 Å². The van der Waals surface area contributed by atoms with Crippen molar-refractivity contribution in [2.45, 2.75) is 18.4 Å². The number of ether oxygens (including phenoxy) is 1. The summed E-state index contributed by atoms with van der Waals surface area (Å²) in [4.78, 5) is 35.1. The molecule has 0 aromatic heterocycles. The van der Waals surface area contributed by atoms with Crippen LogP contribution >= 0.6 is 0 Å². The Morgan fingerprint density at radius 3 is 2.31 bits per heavy atom. The number of nitrogens with zero attached hydrogens (tertiary/aromatic N) is 3. The third-order valence-corrected chi connectivity index (χ3v) is 7.39. The summed E-state index contributed by atoms with van der Waals surface area (Å²) >= 11 is 0. The summed E-state index contributed by atoms with van der Waals surface area (Å²) < 4.78 is 5.39. The van der Waals surface area contributed by atoms with Crippen molar-refractivity contribution >= 4 is 17.8 Å². The smallest absolute Gasteiger partial charge is 0.261 e. The number of benzene rings is 3. The lowest BCUT2D eigenvalue weighted by molar-refractivity contribution is -0.133. The minimum atomic E-state index is -1.11. The molecule has 1 fully saturated rings. The van der Waals surface area contributed by atoms with Crippen LogP contribution < -0.4 is 10.5 Å². The number of methoxy groups -OCH3 is 1. The number of amides is 2. The molecule has 2 aliphatic rings. The zero-order valence-electron chi connectivity index (χ0n) is 20.6. The minimum Gasteiger partial charge on any atom is -0.496 e. The van der Waals surface area contributed by atoms with Gasteiger partial charge in [0, 0.05) is 26.1 Å². The molecule has 3 aromatic carbocycles. The van der Waals surface area contributed by atoms with E-state index in [4.69, 9.17) is 15.5 Å². The first-order valence-corrected chi connectivity index (χ1v) is 12.2. The molecule has 184 valence electrons. The maximum absolute atomic E-state index is 13.7. The Bertz CT molecular complexity index is 1310. The number of likely N-dealkylation sites (N-methyl/N-ethyl adjacent to an activating group) is 1. The summed E-state index contributed by atoms with van der Waals surface area (Å²) in [5.74, 6) is 0.492. The first kappa shape index (κ1) is 23.6. The van der Waals surface area contributed by atoms with E-state index < -0.39 is 5.54 Å². The number of rotatable bonds is 5. The van der Waals surface area contributed by atoms with Crippen LogP contribution in [0.4, 0.5) is 0 Å². The van der Waals surface area contributed by atoms with Crippen molar-refractivity contribution in [2.24, 2.45) is 16.6 Å².